The van der Waals surface area contributed by atoms with Crippen molar-refractivity contribution in [2.24, 2.45) is 16.4 Å². The SMILES string of the molecule is CC(C)(C)C(=O)CN1C(=O)N(CC(=O)Nc2cccc(C(=O)OCc3ccccc3)c2)N=C(C2CCCC2)c2ccccc21. The summed E-state index contributed by atoms with van der Waals surface area (Å²) < 4.78 is 5.43. The van der Waals surface area contributed by atoms with Crippen LogP contribution in [0.5, 0.6) is 0 Å². The number of nitrogens with zero attached hydrogens (tertiary/aromatic N) is 3. The summed E-state index contributed by atoms with van der Waals surface area (Å²) in [6.45, 7) is 5.08. The Morgan fingerprint density at radius 3 is 2.34 bits per heavy atom. The van der Waals surface area contributed by atoms with Crippen molar-refractivity contribution in [1.82, 2.24) is 5.01 Å². The molecule has 228 valence electrons. The van der Waals surface area contributed by atoms with Gasteiger partial charge in [0.1, 0.15) is 13.2 Å². The topological polar surface area (TPSA) is 108 Å². The summed E-state index contributed by atoms with van der Waals surface area (Å²) in [4.78, 5) is 54.6. The largest absolute Gasteiger partial charge is 0.457 e. The van der Waals surface area contributed by atoms with Crippen molar-refractivity contribution in [1.29, 1.82) is 0 Å². The van der Waals surface area contributed by atoms with E-state index in [1.54, 1.807) is 18.2 Å². The molecule has 5 rings (SSSR count). The average Bonchev–Trinajstić information content (AvgIpc) is 3.52. The van der Waals surface area contributed by atoms with Crippen molar-refractivity contribution < 1.29 is 23.9 Å². The lowest BCUT2D eigenvalue weighted by molar-refractivity contribution is -0.124. The number of Topliss-reactive ketones (excluding diaryl/α,β-unsaturated/α-hetero) is 1. The van der Waals surface area contributed by atoms with E-state index >= 15 is 0 Å². The number of ether oxygens (including phenoxy) is 1. The highest BCUT2D eigenvalue weighted by molar-refractivity contribution is 6.13. The van der Waals surface area contributed by atoms with Crippen LogP contribution in [0.2, 0.25) is 0 Å². The van der Waals surface area contributed by atoms with Crippen LogP contribution in [0, 0.1) is 11.3 Å². The normalized spacial score (nSPS) is 15.3. The Kier molecular flexibility index (Phi) is 9.23. The van der Waals surface area contributed by atoms with Gasteiger partial charge >= 0.3 is 12.0 Å². The second-order valence-electron chi connectivity index (χ2n) is 12.3. The van der Waals surface area contributed by atoms with E-state index in [9.17, 15) is 19.2 Å². The molecule has 3 aromatic rings. The molecule has 1 aliphatic heterocycles. The zero-order valence-electron chi connectivity index (χ0n) is 25.4. The predicted octanol–water partition coefficient (Wildman–Crippen LogP) is 6.43. The number of esters is 1. The number of anilines is 2. The minimum absolute atomic E-state index is 0.106. The van der Waals surface area contributed by atoms with E-state index in [0.717, 1.165) is 47.5 Å². The predicted molar refractivity (Wildman–Crippen MR) is 169 cm³/mol. The van der Waals surface area contributed by atoms with Crippen LogP contribution in [-0.4, -0.2) is 47.5 Å². The molecule has 9 heteroatoms. The molecule has 1 heterocycles. The van der Waals surface area contributed by atoms with Crippen molar-refractivity contribution in [2.45, 2.75) is 53.1 Å². The average molecular weight is 595 g/mol. The molecule has 0 saturated heterocycles. The van der Waals surface area contributed by atoms with E-state index in [0.29, 0.717) is 11.4 Å². The van der Waals surface area contributed by atoms with E-state index < -0.39 is 23.3 Å². The van der Waals surface area contributed by atoms with Crippen LogP contribution in [0.1, 0.15) is 67.9 Å². The maximum atomic E-state index is 14.0. The number of carbonyl (C=O) groups excluding carboxylic acids is 4. The van der Waals surface area contributed by atoms with Gasteiger partial charge in [0, 0.05) is 22.6 Å². The molecular formula is C35H38N4O5. The van der Waals surface area contributed by atoms with Gasteiger partial charge in [-0.3, -0.25) is 14.5 Å². The second-order valence-corrected chi connectivity index (χ2v) is 12.3. The summed E-state index contributed by atoms with van der Waals surface area (Å²) in [6.07, 6.45) is 4.01. The molecule has 0 spiro atoms. The third-order valence-corrected chi connectivity index (χ3v) is 7.92. The Morgan fingerprint density at radius 1 is 0.909 bits per heavy atom. The number of hydrogen-bond donors (Lipinski definition) is 1. The van der Waals surface area contributed by atoms with Crippen molar-refractivity contribution in [3.63, 3.8) is 0 Å². The maximum absolute atomic E-state index is 14.0. The molecule has 0 bridgehead atoms. The molecule has 0 aromatic heterocycles. The van der Waals surface area contributed by atoms with Crippen LogP contribution in [0.4, 0.5) is 16.2 Å². The number of urea groups is 1. The molecule has 0 unspecified atom stereocenters. The third-order valence-electron chi connectivity index (χ3n) is 7.92. The number of hydrazone groups is 1. The lowest BCUT2D eigenvalue weighted by atomic mass is 9.90. The van der Waals surface area contributed by atoms with Crippen molar-refractivity contribution in [3.05, 3.63) is 95.6 Å². The minimum Gasteiger partial charge on any atom is -0.457 e. The van der Waals surface area contributed by atoms with Crippen molar-refractivity contribution in [3.8, 4) is 0 Å². The zero-order valence-corrected chi connectivity index (χ0v) is 25.4. The molecule has 1 N–H and O–H groups in total. The summed E-state index contributed by atoms with van der Waals surface area (Å²) in [5.74, 6) is -0.970. The molecule has 9 nitrogen and oxygen atoms in total. The molecule has 1 saturated carbocycles. The third kappa shape index (κ3) is 7.22. The number of para-hydroxylation sites is 1. The highest BCUT2D eigenvalue weighted by Gasteiger charge is 2.36. The van der Waals surface area contributed by atoms with Crippen molar-refractivity contribution in [2.75, 3.05) is 23.3 Å². The molecule has 0 atom stereocenters. The lowest BCUT2D eigenvalue weighted by Crippen LogP contribution is -2.47. The molecule has 2 aliphatic rings. The fourth-order valence-electron chi connectivity index (χ4n) is 5.40. The number of ketones is 1. The first-order chi connectivity index (χ1) is 21.1. The lowest BCUT2D eigenvalue weighted by Gasteiger charge is -2.28. The van der Waals surface area contributed by atoms with Gasteiger partial charge in [0.2, 0.25) is 5.91 Å². The minimum atomic E-state index is -0.661. The van der Waals surface area contributed by atoms with Gasteiger partial charge in [0.15, 0.2) is 5.78 Å². The van der Waals surface area contributed by atoms with Crippen molar-refractivity contribution >= 4 is 40.8 Å². The van der Waals surface area contributed by atoms with Crippen LogP contribution in [-0.2, 0) is 20.9 Å². The van der Waals surface area contributed by atoms with Gasteiger partial charge in [-0.2, -0.15) is 5.10 Å². The molecule has 3 aromatic carbocycles. The van der Waals surface area contributed by atoms with E-state index in [2.05, 4.69) is 5.32 Å². The molecule has 1 fully saturated rings. The van der Waals surface area contributed by atoms with Crippen LogP contribution in [0.3, 0.4) is 0 Å². The first-order valence-electron chi connectivity index (χ1n) is 15.0. The molecule has 44 heavy (non-hydrogen) atoms. The first kappa shape index (κ1) is 30.7. The Balaban J connectivity index is 1.36. The standard InChI is InChI=1S/C35H38N4O5/c1-35(2,3)30(40)21-38-29-19-10-9-18-28(29)32(25-14-7-8-15-25)37-39(34(38)43)22-31(41)36-27-17-11-16-26(20-27)33(42)44-23-24-12-5-4-6-13-24/h4-6,9-13,16-20,25H,7-8,14-15,21-23H2,1-3H3,(H,36,41). The van der Waals surface area contributed by atoms with Gasteiger partial charge in [0.25, 0.3) is 0 Å². The fourth-order valence-corrected chi connectivity index (χ4v) is 5.40. The van der Waals surface area contributed by atoms with Crippen LogP contribution >= 0.6 is 0 Å². The van der Waals surface area contributed by atoms with E-state index in [1.807, 2.05) is 75.4 Å². The number of amides is 3. The monoisotopic (exact) mass is 594 g/mol. The Morgan fingerprint density at radius 2 is 1.61 bits per heavy atom. The fraction of sp³-hybridized carbons (Fsp3) is 0.343. The summed E-state index contributed by atoms with van der Waals surface area (Å²) in [5.41, 5.74) is 3.05. The Hall–Kier alpha value is -4.79. The number of hydrogen-bond acceptors (Lipinski definition) is 6. The zero-order chi connectivity index (χ0) is 31.3. The van der Waals surface area contributed by atoms with Gasteiger partial charge < -0.3 is 10.1 Å². The summed E-state index contributed by atoms with van der Waals surface area (Å²) in [7, 11) is 0. The van der Waals surface area contributed by atoms with E-state index in [4.69, 9.17) is 9.84 Å². The molecular weight excluding hydrogens is 556 g/mol. The van der Waals surface area contributed by atoms with Gasteiger partial charge in [-0.1, -0.05) is 88.2 Å². The first-order valence-corrected chi connectivity index (χ1v) is 15.0. The van der Waals surface area contributed by atoms with Gasteiger partial charge in [-0.25, -0.2) is 14.6 Å². The van der Waals surface area contributed by atoms with E-state index in [1.165, 1.54) is 11.0 Å². The van der Waals surface area contributed by atoms with Crippen LogP contribution in [0.25, 0.3) is 0 Å². The Labute approximate surface area is 257 Å². The van der Waals surface area contributed by atoms with E-state index in [-0.39, 0.29) is 37.0 Å². The number of benzene rings is 3. The molecule has 1 aliphatic carbocycles. The Bertz CT molecular complexity index is 1570. The summed E-state index contributed by atoms with van der Waals surface area (Å²) in [6, 6.07) is 22.8. The number of nitrogens with one attached hydrogen (secondary N) is 1. The van der Waals surface area contributed by atoms with Crippen LogP contribution < -0.4 is 10.2 Å². The smallest absolute Gasteiger partial charge is 0.345 e. The number of carbonyl (C=O) groups is 4. The quantitative estimate of drug-likeness (QED) is 0.287. The summed E-state index contributed by atoms with van der Waals surface area (Å²) in [5, 5.41) is 8.75. The maximum Gasteiger partial charge on any atom is 0.345 e. The van der Waals surface area contributed by atoms with Gasteiger partial charge in [0.05, 0.1) is 23.5 Å². The molecule has 3 amide bonds. The highest BCUT2D eigenvalue weighted by Crippen LogP contribution is 2.35. The second kappa shape index (κ2) is 13.2. The highest BCUT2D eigenvalue weighted by atomic mass is 16.5. The number of fused-ring (bicyclic) bond motifs is 1. The van der Waals surface area contributed by atoms with Gasteiger partial charge in [-0.15, -0.1) is 0 Å². The molecule has 0 radical (unpaired) electrons. The van der Waals surface area contributed by atoms with Crippen LogP contribution in [0.15, 0.2) is 84.0 Å². The summed E-state index contributed by atoms with van der Waals surface area (Å²) >= 11 is 0. The van der Waals surface area contributed by atoms with Gasteiger partial charge in [-0.05, 0) is 42.7 Å². The number of rotatable bonds is 9.